The Labute approximate surface area is 115 Å². The maximum atomic E-state index is 5.39. The molecule has 1 aliphatic heterocycles. The normalized spacial score (nSPS) is 18.2. The Hall–Kier alpha value is -1.82. The van der Waals surface area contributed by atoms with Crippen LogP contribution in [0.25, 0.3) is 5.69 Å². The molecule has 98 valence electrons. The molecule has 19 heavy (non-hydrogen) atoms. The molecule has 0 radical (unpaired) electrons. The zero-order chi connectivity index (χ0) is 13.1. The van der Waals surface area contributed by atoms with E-state index in [1.165, 1.54) is 0 Å². The molecule has 1 unspecified atom stereocenters. The minimum atomic E-state index is 0.187. The molecule has 0 saturated carbocycles. The van der Waals surface area contributed by atoms with Crippen LogP contribution in [0.1, 0.15) is 12.0 Å². The number of thioether (sulfide) groups is 1. The average Bonchev–Trinajstić information content (AvgIpc) is 3.08. The molecule has 3 heterocycles. The van der Waals surface area contributed by atoms with Crippen LogP contribution >= 0.6 is 11.8 Å². The first kappa shape index (κ1) is 12.2. The van der Waals surface area contributed by atoms with Gasteiger partial charge < -0.3 is 4.84 Å². The van der Waals surface area contributed by atoms with Gasteiger partial charge in [-0.25, -0.2) is 4.68 Å². The Bertz CT molecular complexity index is 581. The molecule has 2 aromatic rings. The van der Waals surface area contributed by atoms with Gasteiger partial charge in [-0.05, 0) is 18.4 Å². The van der Waals surface area contributed by atoms with Crippen molar-refractivity contribution in [2.24, 2.45) is 5.16 Å². The fourth-order valence-corrected chi connectivity index (χ4v) is 2.53. The van der Waals surface area contributed by atoms with E-state index in [1.54, 1.807) is 28.8 Å². The number of aromatic nitrogens is 3. The van der Waals surface area contributed by atoms with Gasteiger partial charge in [-0.3, -0.25) is 4.98 Å². The molecule has 3 rings (SSSR count). The van der Waals surface area contributed by atoms with Gasteiger partial charge in [-0.15, -0.1) is 0 Å². The quantitative estimate of drug-likeness (QED) is 0.857. The lowest BCUT2D eigenvalue weighted by Gasteiger charge is -2.03. The Balaban J connectivity index is 1.76. The molecular weight excluding hydrogens is 260 g/mol. The Morgan fingerprint density at radius 3 is 3.21 bits per heavy atom. The van der Waals surface area contributed by atoms with E-state index in [9.17, 15) is 0 Å². The van der Waals surface area contributed by atoms with Crippen LogP contribution in [0.5, 0.6) is 0 Å². The maximum Gasteiger partial charge on any atom is 0.142 e. The average molecular weight is 274 g/mol. The van der Waals surface area contributed by atoms with Crippen molar-refractivity contribution in [3.8, 4) is 5.69 Å². The topological polar surface area (TPSA) is 52.3 Å². The third-order valence-electron chi connectivity index (χ3n) is 2.91. The fraction of sp³-hybridized carbons (Fsp3) is 0.308. The highest BCUT2D eigenvalue weighted by molar-refractivity contribution is 7.98. The Kier molecular flexibility index (Phi) is 3.50. The largest absolute Gasteiger partial charge is 0.391 e. The second-order valence-corrected chi connectivity index (χ2v) is 5.22. The third kappa shape index (κ3) is 2.63. The molecular formula is C13H14N4OS. The van der Waals surface area contributed by atoms with Crippen molar-refractivity contribution >= 4 is 17.5 Å². The first-order chi connectivity index (χ1) is 9.36. The van der Waals surface area contributed by atoms with E-state index in [4.69, 9.17) is 4.84 Å². The lowest BCUT2D eigenvalue weighted by Crippen LogP contribution is -2.10. The van der Waals surface area contributed by atoms with Crippen molar-refractivity contribution in [3.05, 3.63) is 42.5 Å². The number of rotatable bonds is 4. The summed E-state index contributed by atoms with van der Waals surface area (Å²) >= 11 is 1.77. The molecule has 0 aliphatic carbocycles. The van der Waals surface area contributed by atoms with E-state index >= 15 is 0 Å². The summed E-state index contributed by atoms with van der Waals surface area (Å²) < 4.78 is 1.80. The van der Waals surface area contributed by atoms with Crippen LogP contribution in [-0.2, 0) is 4.84 Å². The highest BCUT2D eigenvalue weighted by atomic mass is 32.2. The van der Waals surface area contributed by atoms with Crippen LogP contribution < -0.4 is 0 Å². The van der Waals surface area contributed by atoms with Crippen LogP contribution in [0.4, 0.5) is 0 Å². The molecule has 1 atom stereocenters. The van der Waals surface area contributed by atoms with Crippen LogP contribution in [-0.4, -0.2) is 38.6 Å². The van der Waals surface area contributed by atoms with E-state index in [0.29, 0.717) is 0 Å². The van der Waals surface area contributed by atoms with Gasteiger partial charge in [0.05, 0.1) is 23.8 Å². The minimum absolute atomic E-state index is 0.187. The molecule has 0 amide bonds. The van der Waals surface area contributed by atoms with E-state index in [1.807, 2.05) is 24.5 Å². The van der Waals surface area contributed by atoms with Crippen molar-refractivity contribution < 1.29 is 4.84 Å². The SMILES string of the molecule is CSCC1CC(c2cnn(-c3cccnc3)c2)=NO1. The van der Waals surface area contributed by atoms with Crippen molar-refractivity contribution in [2.45, 2.75) is 12.5 Å². The molecule has 1 aliphatic rings. The van der Waals surface area contributed by atoms with Crippen LogP contribution in [0, 0.1) is 0 Å². The molecule has 6 heteroatoms. The van der Waals surface area contributed by atoms with Crippen LogP contribution in [0.15, 0.2) is 42.1 Å². The summed E-state index contributed by atoms with van der Waals surface area (Å²) in [7, 11) is 0. The molecule has 2 aromatic heterocycles. The first-order valence-corrected chi connectivity index (χ1v) is 7.43. The molecule has 0 saturated heterocycles. The van der Waals surface area contributed by atoms with Crippen molar-refractivity contribution in [3.63, 3.8) is 0 Å². The fourth-order valence-electron chi connectivity index (χ4n) is 1.98. The Morgan fingerprint density at radius 1 is 1.47 bits per heavy atom. The Morgan fingerprint density at radius 2 is 2.42 bits per heavy atom. The predicted molar refractivity (Wildman–Crippen MR) is 75.8 cm³/mol. The summed E-state index contributed by atoms with van der Waals surface area (Å²) in [6.45, 7) is 0. The van der Waals surface area contributed by atoms with Gasteiger partial charge >= 0.3 is 0 Å². The van der Waals surface area contributed by atoms with Gasteiger partial charge in [0.15, 0.2) is 0 Å². The van der Waals surface area contributed by atoms with E-state index < -0.39 is 0 Å². The summed E-state index contributed by atoms with van der Waals surface area (Å²) in [5.74, 6) is 0.962. The number of pyridine rings is 1. The van der Waals surface area contributed by atoms with Gasteiger partial charge in [0, 0.05) is 30.1 Å². The van der Waals surface area contributed by atoms with Gasteiger partial charge in [-0.2, -0.15) is 16.9 Å². The van der Waals surface area contributed by atoms with Gasteiger partial charge in [0.1, 0.15) is 6.10 Å². The smallest absolute Gasteiger partial charge is 0.142 e. The second kappa shape index (κ2) is 5.44. The highest BCUT2D eigenvalue weighted by Crippen LogP contribution is 2.19. The zero-order valence-corrected chi connectivity index (χ0v) is 11.4. The van der Waals surface area contributed by atoms with Gasteiger partial charge in [0.2, 0.25) is 0 Å². The third-order valence-corrected chi connectivity index (χ3v) is 3.62. The minimum Gasteiger partial charge on any atom is -0.391 e. The summed E-state index contributed by atoms with van der Waals surface area (Å²) in [6, 6.07) is 3.86. The molecule has 0 fully saturated rings. The standard InChI is InChI=1S/C13H14N4OS/c1-19-9-12-5-13(16-18-12)10-6-15-17(8-10)11-3-2-4-14-7-11/h2-4,6-8,12H,5,9H2,1H3. The molecule has 0 spiro atoms. The molecule has 0 aromatic carbocycles. The zero-order valence-electron chi connectivity index (χ0n) is 10.6. The second-order valence-electron chi connectivity index (χ2n) is 4.31. The molecule has 0 bridgehead atoms. The predicted octanol–water partition coefficient (Wildman–Crippen LogP) is 2.12. The van der Waals surface area contributed by atoms with E-state index in [0.717, 1.165) is 29.1 Å². The van der Waals surface area contributed by atoms with Crippen LogP contribution in [0.3, 0.4) is 0 Å². The number of hydrogen-bond donors (Lipinski definition) is 0. The van der Waals surface area contributed by atoms with E-state index in [-0.39, 0.29) is 6.10 Å². The summed E-state index contributed by atoms with van der Waals surface area (Å²) in [5, 5.41) is 8.48. The molecule has 0 N–H and O–H groups in total. The first-order valence-electron chi connectivity index (χ1n) is 6.04. The molecule has 5 nitrogen and oxygen atoms in total. The number of oxime groups is 1. The lowest BCUT2D eigenvalue weighted by atomic mass is 10.1. The summed E-state index contributed by atoms with van der Waals surface area (Å²) in [4.78, 5) is 9.48. The van der Waals surface area contributed by atoms with Gasteiger partial charge in [0.25, 0.3) is 0 Å². The lowest BCUT2D eigenvalue weighted by molar-refractivity contribution is 0.103. The van der Waals surface area contributed by atoms with Crippen molar-refractivity contribution in [1.82, 2.24) is 14.8 Å². The van der Waals surface area contributed by atoms with Crippen LogP contribution in [0.2, 0.25) is 0 Å². The monoisotopic (exact) mass is 274 g/mol. The van der Waals surface area contributed by atoms with Gasteiger partial charge in [-0.1, -0.05) is 5.16 Å². The highest BCUT2D eigenvalue weighted by Gasteiger charge is 2.22. The maximum absolute atomic E-state index is 5.39. The van der Waals surface area contributed by atoms with Crippen molar-refractivity contribution in [2.75, 3.05) is 12.0 Å². The summed E-state index contributed by atoms with van der Waals surface area (Å²) in [6.07, 6.45) is 10.4. The number of nitrogens with zero attached hydrogens (tertiary/aromatic N) is 4. The summed E-state index contributed by atoms with van der Waals surface area (Å²) in [5.41, 5.74) is 2.91. The van der Waals surface area contributed by atoms with Crippen molar-refractivity contribution in [1.29, 1.82) is 0 Å². The number of hydrogen-bond acceptors (Lipinski definition) is 5. The van der Waals surface area contributed by atoms with E-state index in [2.05, 4.69) is 21.5 Å².